The lowest BCUT2D eigenvalue weighted by atomic mass is 10.3. The topological polar surface area (TPSA) is 49.4 Å². The Morgan fingerprint density at radius 2 is 1.92 bits per heavy atom. The Kier molecular flexibility index (Phi) is 3.19. The highest BCUT2D eigenvalue weighted by Gasteiger charge is 2.20. The molecule has 0 aliphatic carbocycles. The van der Waals surface area contributed by atoms with E-state index in [0.29, 0.717) is 19.6 Å². The van der Waals surface area contributed by atoms with Crippen molar-refractivity contribution in [1.82, 2.24) is 10.2 Å². The van der Waals surface area contributed by atoms with Crippen LogP contribution in [0.5, 0.6) is 0 Å². The second kappa shape index (κ2) is 4.18. The van der Waals surface area contributed by atoms with Gasteiger partial charge in [-0.05, 0) is 13.8 Å². The van der Waals surface area contributed by atoms with E-state index in [1.807, 2.05) is 24.8 Å². The fourth-order valence-corrected chi connectivity index (χ4v) is 1.14. The summed E-state index contributed by atoms with van der Waals surface area (Å²) in [6.07, 6.45) is 2.01. The van der Waals surface area contributed by atoms with Crippen LogP contribution in [0, 0.1) is 0 Å². The molecule has 1 rings (SSSR count). The van der Waals surface area contributed by atoms with Gasteiger partial charge in [-0.15, -0.1) is 0 Å². The third kappa shape index (κ3) is 3.38. The molecule has 0 radical (unpaired) electrons. The van der Waals surface area contributed by atoms with Crippen molar-refractivity contribution >= 4 is 11.8 Å². The molecule has 4 heteroatoms. The van der Waals surface area contributed by atoms with Crippen molar-refractivity contribution in [3.63, 3.8) is 0 Å². The SMILES string of the molecule is CC(C)=CCN1CC(=O)NC(=O)C1. The first kappa shape index (κ1) is 9.92. The van der Waals surface area contributed by atoms with E-state index in [2.05, 4.69) is 5.32 Å². The maximum absolute atomic E-state index is 10.9. The van der Waals surface area contributed by atoms with Gasteiger partial charge < -0.3 is 0 Å². The molecule has 13 heavy (non-hydrogen) atoms. The van der Waals surface area contributed by atoms with E-state index in [0.717, 1.165) is 0 Å². The van der Waals surface area contributed by atoms with E-state index in [-0.39, 0.29) is 11.8 Å². The third-order valence-corrected chi connectivity index (χ3v) is 1.77. The maximum Gasteiger partial charge on any atom is 0.240 e. The number of hydrogen-bond acceptors (Lipinski definition) is 3. The van der Waals surface area contributed by atoms with E-state index in [1.165, 1.54) is 5.57 Å². The molecule has 0 aromatic heterocycles. The molecule has 0 aromatic rings. The summed E-state index contributed by atoms with van der Waals surface area (Å²) in [5.41, 5.74) is 1.19. The van der Waals surface area contributed by atoms with Crippen LogP contribution >= 0.6 is 0 Å². The fourth-order valence-electron chi connectivity index (χ4n) is 1.14. The molecule has 1 fully saturated rings. The summed E-state index contributed by atoms with van der Waals surface area (Å²) in [5.74, 6) is -0.420. The van der Waals surface area contributed by atoms with Crippen molar-refractivity contribution in [3.8, 4) is 0 Å². The van der Waals surface area contributed by atoms with Gasteiger partial charge in [-0.2, -0.15) is 0 Å². The standard InChI is InChI=1S/C9H14N2O2/c1-7(2)3-4-11-5-8(12)10-9(13)6-11/h3H,4-6H2,1-2H3,(H,10,12,13). The van der Waals surface area contributed by atoms with Gasteiger partial charge in [0.1, 0.15) is 0 Å². The van der Waals surface area contributed by atoms with Crippen LogP contribution in [0.1, 0.15) is 13.8 Å². The summed E-state index contributed by atoms with van der Waals surface area (Å²) >= 11 is 0. The summed E-state index contributed by atoms with van der Waals surface area (Å²) in [6.45, 7) is 5.28. The van der Waals surface area contributed by atoms with E-state index in [9.17, 15) is 9.59 Å². The molecule has 2 amide bonds. The largest absolute Gasteiger partial charge is 0.294 e. The van der Waals surface area contributed by atoms with Crippen molar-refractivity contribution in [2.75, 3.05) is 19.6 Å². The van der Waals surface area contributed by atoms with E-state index in [4.69, 9.17) is 0 Å². The van der Waals surface area contributed by atoms with E-state index in [1.54, 1.807) is 0 Å². The summed E-state index contributed by atoms with van der Waals surface area (Å²) < 4.78 is 0. The molecule has 0 bridgehead atoms. The Morgan fingerprint density at radius 1 is 1.38 bits per heavy atom. The average molecular weight is 182 g/mol. The predicted molar refractivity (Wildman–Crippen MR) is 49.0 cm³/mol. The zero-order valence-corrected chi connectivity index (χ0v) is 7.96. The van der Waals surface area contributed by atoms with Crippen molar-refractivity contribution in [2.24, 2.45) is 0 Å². The Morgan fingerprint density at radius 3 is 2.38 bits per heavy atom. The molecule has 1 N–H and O–H groups in total. The summed E-state index contributed by atoms with van der Waals surface area (Å²) in [6, 6.07) is 0. The minimum absolute atomic E-state index is 0.210. The van der Waals surface area contributed by atoms with Gasteiger partial charge >= 0.3 is 0 Å². The van der Waals surface area contributed by atoms with Crippen molar-refractivity contribution in [1.29, 1.82) is 0 Å². The molecular formula is C9H14N2O2. The lowest BCUT2D eigenvalue weighted by molar-refractivity contribution is -0.135. The minimum atomic E-state index is -0.210. The van der Waals surface area contributed by atoms with Gasteiger partial charge in [0.2, 0.25) is 11.8 Å². The quantitative estimate of drug-likeness (QED) is 0.479. The summed E-state index contributed by atoms with van der Waals surface area (Å²) in [7, 11) is 0. The molecule has 1 heterocycles. The Bertz CT molecular complexity index is 238. The summed E-state index contributed by atoms with van der Waals surface area (Å²) in [4.78, 5) is 23.7. The Hall–Kier alpha value is -1.16. The minimum Gasteiger partial charge on any atom is -0.294 e. The van der Waals surface area contributed by atoms with Gasteiger partial charge in [-0.25, -0.2) is 0 Å². The smallest absolute Gasteiger partial charge is 0.240 e. The monoisotopic (exact) mass is 182 g/mol. The fraction of sp³-hybridized carbons (Fsp3) is 0.556. The van der Waals surface area contributed by atoms with E-state index < -0.39 is 0 Å². The molecule has 1 aliphatic rings. The molecular weight excluding hydrogens is 168 g/mol. The van der Waals surface area contributed by atoms with Gasteiger partial charge in [0.05, 0.1) is 13.1 Å². The molecule has 0 spiro atoms. The van der Waals surface area contributed by atoms with Crippen LogP contribution in [0.15, 0.2) is 11.6 Å². The van der Waals surface area contributed by atoms with Crippen LogP contribution in [-0.4, -0.2) is 36.3 Å². The van der Waals surface area contributed by atoms with Gasteiger partial charge in [0.15, 0.2) is 0 Å². The molecule has 1 aliphatic heterocycles. The Balaban J connectivity index is 2.46. The first-order chi connectivity index (χ1) is 6.08. The highest BCUT2D eigenvalue weighted by molar-refractivity contribution is 5.99. The molecule has 0 aromatic carbocycles. The molecule has 0 atom stereocenters. The lowest BCUT2D eigenvalue weighted by Gasteiger charge is -2.23. The zero-order valence-electron chi connectivity index (χ0n) is 7.96. The van der Waals surface area contributed by atoms with Crippen LogP contribution < -0.4 is 5.32 Å². The molecule has 1 saturated heterocycles. The first-order valence-corrected chi connectivity index (χ1v) is 4.26. The molecule has 4 nitrogen and oxygen atoms in total. The predicted octanol–water partition coefficient (Wildman–Crippen LogP) is -0.0890. The number of rotatable bonds is 2. The van der Waals surface area contributed by atoms with Crippen LogP contribution in [0.4, 0.5) is 0 Å². The van der Waals surface area contributed by atoms with Crippen molar-refractivity contribution in [3.05, 3.63) is 11.6 Å². The number of imide groups is 1. The number of nitrogens with one attached hydrogen (secondary N) is 1. The normalized spacial score (nSPS) is 18.3. The van der Waals surface area contributed by atoms with Crippen LogP contribution in [0.2, 0.25) is 0 Å². The molecule has 0 unspecified atom stereocenters. The van der Waals surface area contributed by atoms with Crippen molar-refractivity contribution in [2.45, 2.75) is 13.8 Å². The van der Waals surface area contributed by atoms with Gasteiger partial charge in [0, 0.05) is 6.54 Å². The number of hydrogen-bond donors (Lipinski definition) is 1. The number of carbonyl (C=O) groups excluding carboxylic acids is 2. The number of nitrogens with zero attached hydrogens (tertiary/aromatic N) is 1. The van der Waals surface area contributed by atoms with Crippen LogP contribution in [-0.2, 0) is 9.59 Å². The zero-order chi connectivity index (χ0) is 9.84. The number of piperazine rings is 1. The average Bonchev–Trinajstić information content (AvgIpc) is 1.99. The van der Waals surface area contributed by atoms with Crippen LogP contribution in [0.3, 0.4) is 0 Å². The van der Waals surface area contributed by atoms with Crippen LogP contribution in [0.25, 0.3) is 0 Å². The molecule has 72 valence electrons. The number of allylic oxidation sites excluding steroid dienone is 1. The summed E-state index contributed by atoms with van der Waals surface area (Å²) in [5, 5.41) is 2.26. The number of amides is 2. The first-order valence-electron chi connectivity index (χ1n) is 4.26. The highest BCUT2D eigenvalue weighted by atomic mass is 16.2. The highest BCUT2D eigenvalue weighted by Crippen LogP contribution is 1.97. The van der Waals surface area contributed by atoms with Crippen molar-refractivity contribution < 1.29 is 9.59 Å². The van der Waals surface area contributed by atoms with Gasteiger partial charge in [0.25, 0.3) is 0 Å². The maximum atomic E-state index is 10.9. The second-order valence-electron chi connectivity index (χ2n) is 3.42. The van der Waals surface area contributed by atoms with Gasteiger partial charge in [-0.3, -0.25) is 19.8 Å². The lowest BCUT2D eigenvalue weighted by Crippen LogP contribution is -2.51. The number of carbonyl (C=O) groups is 2. The van der Waals surface area contributed by atoms with E-state index >= 15 is 0 Å². The van der Waals surface area contributed by atoms with Gasteiger partial charge in [-0.1, -0.05) is 11.6 Å². The third-order valence-electron chi connectivity index (χ3n) is 1.77. The molecule has 0 saturated carbocycles. The Labute approximate surface area is 77.6 Å². The second-order valence-corrected chi connectivity index (χ2v) is 3.42.